The second-order valence-corrected chi connectivity index (χ2v) is 8.28. The molecule has 1 N–H and O–H groups in total. The van der Waals surface area contributed by atoms with Crippen LogP contribution in [-0.4, -0.2) is 33.5 Å². The number of methoxy groups -OCH3 is 3. The number of fused-ring (bicyclic) bond motifs is 3. The predicted molar refractivity (Wildman–Crippen MR) is 124 cm³/mol. The van der Waals surface area contributed by atoms with Crippen molar-refractivity contribution in [3.63, 3.8) is 0 Å². The van der Waals surface area contributed by atoms with Crippen LogP contribution in [0.15, 0.2) is 27.9 Å². The standard InChI is InChI=1S/C23H26ClNO5S/c1-6-18(27)25-15-9-7-13-19(12-8-10-17(31-5)16(26)11-14(12)15)21(28-2)23(30-4)22(29-3)20(13)24/h8,10-11,15H,6-7,9H2,1-5H3,(H,25,27)/t15-/m0/s1. The fourth-order valence-corrected chi connectivity index (χ4v) is 4.80. The Bertz CT molecular complexity index is 1070. The van der Waals surface area contributed by atoms with Gasteiger partial charge < -0.3 is 19.5 Å². The van der Waals surface area contributed by atoms with Gasteiger partial charge in [0, 0.05) is 12.0 Å². The van der Waals surface area contributed by atoms with Crippen LogP contribution in [0.5, 0.6) is 17.2 Å². The van der Waals surface area contributed by atoms with E-state index in [1.165, 1.54) is 26.0 Å². The van der Waals surface area contributed by atoms with Crippen molar-refractivity contribution in [1.82, 2.24) is 5.32 Å². The topological polar surface area (TPSA) is 73.9 Å². The molecule has 0 fully saturated rings. The van der Waals surface area contributed by atoms with E-state index in [1.54, 1.807) is 26.2 Å². The number of hydrogen-bond acceptors (Lipinski definition) is 6. The zero-order chi connectivity index (χ0) is 22.7. The van der Waals surface area contributed by atoms with Gasteiger partial charge in [0.15, 0.2) is 16.9 Å². The van der Waals surface area contributed by atoms with E-state index in [-0.39, 0.29) is 17.4 Å². The maximum atomic E-state index is 12.9. The van der Waals surface area contributed by atoms with Gasteiger partial charge in [-0.15, -0.1) is 11.8 Å². The lowest BCUT2D eigenvalue weighted by molar-refractivity contribution is -0.121. The zero-order valence-electron chi connectivity index (χ0n) is 18.3. The van der Waals surface area contributed by atoms with Gasteiger partial charge in [-0.2, -0.15) is 0 Å². The molecule has 0 aromatic heterocycles. The van der Waals surface area contributed by atoms with Crippen LogP contribution in [0.4, 0.5) is 0 Å². The minimum atomic E-state index is -0.345. The predicted octanol–water partition coefficient (Wildman–Crippen LogP) is 4.63. The largest absolute Gasteiger partial charge is 0.492 e. The van der Waals surface area contributed by atoms with Gasteiger partial charge in [0.1, 0.15) is 0 Å². The van der Waals surface area contributed by atoms with Crippen LogP contribution in [0, 0.1) is 0 Å². The Morgan fingerprint density at radius 1 is 1.16 bits per heavy atom. The van der Waals surface area contributed by atoms with E-state index in [9.17, 15) is 9.59 Å². The van der Waals surface area contributed by atoms with Gasteiger partial charge >= 0.3 is 0 Å². The van der Waals surface area contributed by atoms with Gasteiger partial charge in [-0.1, -0.05) is 24.6 Å². The summed E-state index contributed by atoms with van der Waals surface area (Å²) in [5.74, 6) is 1.17. The highest BCUT2D eigenvalue weighted by molar-refractivity contribution is 7.98. The average Bonchev–Trinajstić information content (AvgIpc) is 3.02. The van der Waals surface area contributed by atoms with Crippen molar-refractivity contribution in [3.8, 4) is 28.4 Å². The summed E-state index contributed by atoms with van der Waals surface area (Å²) in [5, 5.41) is 3.49. The second kappa shape index (κ2) is 9.83. The third-order valence-electron chi connectivity index (χ3n) is 5.46. The lowest BCUT2D eigenvalue weighted by Crippen LogP contribution is -2.28. The molecule has 1 aliphatic rings. The number of thioether (sulfide) groups is 1. The molecule has 0 radical (unpaired) electrons. The molecule has 1 amide bonds. The Morgan fingerprint density at radius 3 is 2.42 bits per heavy atom. The van der Waals surface area contributed by atoms with Crippen LogP contribution in [0.25, 0.3) is 11.1 Å². The molecule has 0 saturated carbocycles. The molecule has 0 bridgehead atoms. The molecular weight excluding hydrogens is 438 g/mol. The molecule has 0 heterocycles. The highest BCUT2D eigenvalue weighted by atomic mass is 35.5. The number of hydrogen-bond donors (Lipinski definition) is 1. The molecule has 0 aliphatic heterocycles. The third kappa shape index (κ3) is 4.21. The summed E-state index contributed by atoms with van der Waals surface area (Å²) in [6.45, 7) is 1.80. The maximum absolute atomic E-state index is 12.9. The lowest BCUT2D eigenvalue weighted by atomic mass is 9.95. The molecule has 0 spiro atoms. The summed E-state index contributed by atoms with van der Waals surface area (Å²) < 4.78 is 16.9. The molecule has 2 aromatic rings. The van der Waals surface area contributed by atoms with E-state index in [2.05, 4.69) is 5.32 Å². The molecule has 0 saturated heterocycles. The summed E-state index contributed by atoms with van der Waals surface area (Å²) in [6.07, 6.45) is 3.34. The van der Waals surface area contributed by atoms with Gasteiger partial charge in [-0.25, -0.2) is 0 Å². The van der Waals surface area contributed by atoms with E-state index < -0.39 is 0 Å². The molecular formula is C23H26ClNO5S. The number of ether oxygens (including phenoxy) is 3. The normalized spacial score (nSPS) is 14.7. The van der Waals surface area contributed by atoms with Crippen molar-refractivity contribution >= 4 is 29.3 Å². The van der Waals surface area contributed by atoms with Crippen molar-refractivity contribution < 1.29 is 19.0 Å². The van der Waals surface area contributed by atoms with Crippen molar-refractivity contribution in [2.24, 2.45) is 0 Å². The van der Waals surface area contributed by atoms with Gasteiger partial charge in [-0.05, 0) is 47.9 Å². The lowest BCUT2D eigenvalue weighted by Gasteiger charge is -2.21. The smallest absolute Gasteiger partial charge is 0.220 e. The van der Waals surface area contributed by atoms with Crippen LogP contribution in [-0.2, 0) is 11.2 Å². The number of rotatable bonds is 6. The molecule has 6 nitrogen and oxygen atoms in total. The maximum Gasteiger partial charge on any atom is 0.220 e. The van der Waals surface area contributed by atoms with Gasteiger partial charge in [0.05, 0.1) is 37.3 Å². The SMILES string of the molecule is CCC(=O)N[C@H]1CCc2c(Cl)c(OC)c(OC)c(OC)c2-c2ccc(SC)c(=O)cc21. The number of nitrogens with one attached hydrogen (secondary N) is 1. The molecule has 1 atom stereocenters. The van der Waals surface area contributed by atoms with Crippen molar-refractivity contribution in [3.05, 3.63) is 44.6 Å². The number of halogens is 1. The molecule has 1 aliphatic carbocycles. The van der Waals surface area contributed by atoms with Crippen molar-refractivity contribution in [2.75, 3.05) is 27.6 Å². The molecule has 3 rings (SSSR count). The first-order chi connectivity index (χ1) is 14.9. The Kier molecular flexibility index (Phi) is 7.38. The fourth-order valence-electron chi connectivity index (χ4n) is 3.98. The Hall–Kier alpha value is -2.38. The number of carbonyl (C=O) groups is 1. The molecule has 166 valence electrons. The minimum Gasteiger partial charge on any atom is -0.492 e. The summed E-state index contributed by atoms with van der Waals surface area (Å²) in [7, 11) is 4.61. The summed E-state index contributed by atoms with van der Waals surface area (Å²) in [5.41, 5.74) is 2.97. The Labute approximate surface area is 191 Å². The summed E-state index contributed by atoms with van der Waals surface area (Å²) >= 11 is 8.15. The molecule has 2 aromatic carbocycles. The van der Waals surface area contributed by atoms with Crippen LogP contribution < -0.4 is 25.0 Å². The average molecular weight is 464 g/mol. The first-order valence-electron chi connectivity index (χ1n) is 9.93. The highest BCUT2D eigenvalue weighted by Crippen LogP contribution is 2.54. The summed E-state index contributed by atoms with van der Waals surface area (Å²) in [4.78, 5) is 25.7. The molecule has 8 heteroatoms. The van der Waals surface area contributed by atoms with E-state index >= 15 is 0 Å². The Morgan fingerprint density at radius 2 is 1.84 bits per heavy atom. The van der Waals surface area contributed by atoms with Crippen LogP contribution in [0.3, 0.4) is 0 Å². The van der Waals surface area contributed by atoms with E-state index in [1.807, 2.05) is 12.3 Å². The first kappa shape index (κ1) is 23.3. The monoisotopic (exact) mass is 463 g/mol. The minimum absolute atomic E-state index is 0.0841. The zero-order valence-corrected chi connectivity index (χ0v) is 19.8. The van der Waals surface area contributed by atoms with Crippen LogP contribution in [0.2, 0.25) is 5.02 Å². The van der Waals surface area contributed by atoms with Crippen LogP contribution >= 0.6 is 23.4 Å². The Balaban J connectivity index is 2.44. The third-order valence-corrected chi connectivity index (χ3v) is 6.64. The molecule has 0 unspecified atom stereocenters. The number of carbonyl (C=O) groups excluding carboxylic acids is 1. The van der Waals surface area contributed by atoms with Gasteiger partial charge in [-0.3, -0.25) is 9.59 Å². The number of amides is 1. The fraction of sp³-hybridized carbons (Fsp3) is 0.391. The highest BCUT2D eigenvalue weighted by Gasteiger charge is 2.32. The van der Waals surface area contributed by atoms with E-state index in [0.29, 0.717) is 46.4 Å². The van der Waals surface area contributed by atoms with E-state index in [0.717, 1.165) is 22.3 Å². The van der Waals surface area contributed by atoms with Crippen LogP contribution in [0.1, 0.15) is 36.9 Å². The van der Waals surface area contributed by atoms with Gasteiger partial charge in [0.2, 0.25) is 11.7 Å². The van der Waals surface area contributed by atoms with E-state index in [4.69, 9.17) is 25.8 Å². The number of benzene rings is 1. The summed E-state index contributed by atoms with van der Waals surface area (Å²) in [6, 6.07) is 4.95. The van der Waals surface area contributed by atoms with Crippen molar-refractivity contribution in [1.29, 1.82) is 0 Å². The molecule has 31 heavy (non-hydrogen) atoms. The quantitative estimate of drug-likeness (QED) is 0.629. The second-order valence-electron chi connectivity index (χ2n) is 7.06. The van der Waals surface area contributed by atoms with Gasteiger partial charge in [0.25, 0.3) is 0 Å². The first-order valence-corrected chi connectivity index (χ1v) is 11.5. The van der Waals surface area contributed by atoms with Crippen molar-refractivity contribution in [2.45, 2.75) is 37.1 Å².